The molecule has 0 fully saturated rings. The van der Waals surface area contributed by atoms with Gasteiger partial charge in [-0.1, -0.05) is 29.8 Å². The Morgan fingerprint density at radius 2 is 2.00 bits per heavy atom. The second-order valence-electron chi connectivity index (χ2n) is 5.61. The van der Waals surface area contributed by atoms with Crippen molar-refractivity contribution in [3.8, 4) is 0 Å². The first-order valence-electron chi connectivity index (χ1n) is 6.71. The highest BCUT2D eigenvalue weighted by atomic mass is 79.9. The topological polar surface area (TPSA) is 15.3 Å². The Bertz CT molecular complexity index is 394. The van der Waals surface area contributed by atoms with Crippen LogP contribution >= 0.6 is 15.9 Å². The molecule has 0 aliphatic rings. The van der Waals surface area contributed by atoms with Gasteiger partial charge >= 0.3 is 0 Å². The smallest absolute Gasteiger partial charge is 0.127 e. The molecule has 1 unspecified atom stereocenters. The molecule has 2 nitrogen and oxygen atoms in total. The number of likely N-dealkylation sites (N-methyl/N-ethyl adjacent to an activating group) is 1. The molecule has 0 bridgehead atoms. The van der Waals surface area contributed by atoms with Crippen molar-refractivity contribution in [1.82, 2.24) is 10.2 Å². The second-order valence-corrected chi connectivity index (χ2v) is 6.53. The van der Waals surface area contributed by atoms with Gasteiger partial charge in [-0.15, -0.1) is 0 Å². The average molecular weight is 331 g/mol. The van der Waals surface area contributed by atoms with Crippen LogP contribution in [-0.4, -0.2) is 31.6 Å². The molecule has 0 amide bonds. The van der Waals surface area contributed by atoms with Crippen molar-refractivity contribution >= 4 is 15.9 Å². The Balaban J connectivity index is 2.49. The van der Waals surface area contributed by atoms with E-state index in [2.05, 4.69) is 54.1 Å². The maximum atomic E-state index is 13.6. The number of nitrogens with zero attached hydrogens (tertiary/aromatic N) is 1. The molecule has 0 saturated heterocycles. The zero-order chi connectivity index (χ0) is 14.4. The highest BCUT2D eigenvalue weighted by Crippen LogP contribution is 2.15. The molecule has 0 aliphatic heterocycles. The molecule has 0 aliphatic carbocycles. The fourth-order valence-electron chi connectivity index (χ4n) is 2.07. The van der Waals surface area contributed by atoms with Crippen LogP contribution in [0.3, 0.4) is 0 Å². The van der Waals surface area contributed by atoms with Crippen LogP contribution in [-0.2, 0) is 6.54 Å². The van der Waals surface area contributed by atoms with Crippen LogP contribution in [0.2, 0.25) is 0 Å². The van der Waals surface area contributed by atoms with Gasteiger partial charge in [0.15, 0.2) is 0 Å². The summed E-state index contributed by atoms with van der Waals surface area (Å²) in [6.07, 6.45) is 1.14. The van der Waals surface area contributed by atoms with Crippen molar-refractivity contribution in [2.45, 2.75) is 32.9 Å². The number of rotatable bonds is 7. The van der Waals surface area contributed by atoms with Crippen molar-refractivity contribution in [3.05, 3.63) is 34.1 Å². The molecule has 1 N–H and O–H groups in total. The lowest BCUT2D eigenvalue weighted by Crippen LogP contribution is -2.38. The first-order valence-corrected chi connectivity index (χ1v) is 7.50. The van der Waals surface area contributed by atoms with Crippen LogP contribution in [0.4, 0.5) is 4.39 Å². The van der Waals surface area contributed by atoms with Crippen molar-refractivity contribution in [1.29, 1.82) is 0 Å². The molecule has 108 valence electrons. The van der Waals surface area contributed by atoms with Crippen molar-refractivity contribution in [3.63, 3.8) is 0 Å². The zero-order valence-corrected chi connectivity index (χ0v) is 13.8. The monoisotopic (exact) mass is 330 g/mol. The van der Waals surface area contributed by atoms with Crippen molar-refractivity contribution in [2.24, 2.45) is 5.92 Å². The quantitative estimate of drug-likeness (QED) is 0.820. The van der Waals surface area contributed by atoms with Gasteiger partial charge in [-0.05, 0) is 44.6 Å². The van der Waals surface area contributed by atoms with E-state index in [4.69, 9.17) is 0 Å². The van der Waals surface area contributed by atoms with E-state index in [9.17, 15) is 4.39 Å². The van der Waals surface area contributed by atoms with Gasteiger partial charge in [0, 0.05) is 29.2 Å². The Morgan fingerprint density at radius 1 is 1.32 bits per heavy atom. The molecule has 4 heteroatoms. The van der Waals surface area contributed by atoms with E-state index in [1.807, 2.05) is 6.07 Å². The minimum atomic E-state index is -0.152. The second kappa shape index (κ2) is 7.98. The third-order valence-electron chi connectivity index (χ3n) is 3.18. The number of benzene rings is 1. The summed E-state index contributed by atoms with van der Waals surface area (Å²) in [6.45, 7) is 5.89. The molecule has 1 rings (SSSR count). The first-order chi connectivity index (χ1) is 8.90. The summed E-state index contributed by atoms with van der Waals surface area (Å²) in [5.74, 6) is 0.512. The maximum absolute atomic E-state index is 13.6. The van der Waals surface area contributed by atoms with Gasteiger partial charge in [-0.3, -0.25) is 0 Å². The van der Waals surface area contributed by atoms with Gasteiger partial charge in [0.1, 0.15) is 5.82 Å². The highest BCUT2D eigenvalue weighted by Gasteiger charge is 2.13. The molecule has 1 aromatic rings. The van der Waals surface area contributed by atoms with Gasteiger partial charge in [-0.25, -0.2) is 4.39 Å². The van der Waals surface area contributed by atoms with Crippen molar-refractivity contribution < 1.29 is 4.39 Å². The van der Waals surface area contributed by atoms with Gasteiger partial charge in [0.05, 0.1) is 0 Å². The summed E-state index contributed by atoms with van der Waals surface area (Å²) in [6, 6.07) is 5.53. The van der Waals surface area contributed by atoms with Crippen LogP contribution in [0.1, 0.15) is 25.8 Å². The number of halogens is 2. The highest BCUT2D eigenvalue weighted by molar-refractivity contribution is 9.10. The van der Waals surface area contributed by atoms with Gasteiger partial charge < -0.3 is 10.2 Å². The van der Waals surface area contributed by atoms with Gasteiger partial charge in [-0.2, -0.15) is 0 Å². The lowest BCUT2D eigenvalue weighted by molar-refractivity contribution is 0.246. The summed E-state index contributed by atoms with van der Waals surface area (Å²) in [7, 11) is 4.18. The lowest BCUT2D eigenvalue weighted by Gasteiger charge is -2.26. The van der Waals surface area contributed by atoms with Gasteiger partial charge in [0.2, 0.25) is 0 Å². The molecular formula is C15H24BrFN2. The molecule has 0 spiro atoms. The van der Waals surface area contributed by atoms with E-state index >= 15 is 0 Å². The largest absolute Gasteiger partial charge is 0.311 e. The summed E-state index contributed by atoms with van der Waals surface area (Å²) >= 11 is 3.37. The zero-order valence-electron chi connectivity index (χ0n) is 12.2. The molecular weight excluding hydrogens is 307 g/mol. The minimum absolute atomic E-state index is 0.152. The number of hydrogen-bond donors (Lipinski definition) is 1. The van der Waals surface area contributed by atoms with Crippen LogP contribution < -0.4 is 5.32 Å². The predicted molar refractivity (Wildman–Crippen MR) is 82.7 cm³/mol. The van der Waals surface area contributed by atoms with E-state index in [-0.39, 0.29) is 5.82 Å². The molecule has 0 saturated carbocycles. The van der Waals surface area contributed by atoms with E-state index in [1.165, 1.54) is 6.07 Å². The molecule has 0 aromatic heterocycles. The molecule has 0 radical (unpaired) electrons. The van der Waals surface area contributed by atoms with Crippen molar-refractivity contribution in [2.75, 3.05) is 20.6 Å². The standard InChI is InChI=1S/C15H24BrFN2/c1-11(2)7-14(19(3)4)10-18-9-12-8-13(16)5-6-15(12)17/h5-6,8,11,14,18H,7,9-10H2,1-4H3. The average Bonchev–Trinajstić information content (AvgIpc) is 2.31. The SMILES string of the molecule is CC(C)CC(CNCc1cc(Br)ccc1F)N(C)C. The van der Waals surface area contributed by atoms with Crippen LogP contribution in [0, 0.1) is 11.7 Å². The van der Waals surface area contributed by atoms with E-state index in [0.717, 1.165) is 17.4 Å². The first kappa shape index (κ1) is 16.6. The minimum Gasteiger partial charge on any atom is -0.311 e. The Morgan fingerprint density at radius 3 is 2.58 bits per heavy atom. The van der Waals surface area contributed by atoms with E-state index < -0.39 is 0 Å². The van der Waals surface area contributed by atoms with Crippen LogP contribution in [0.15, 0.2) is 22.7 Å². The molecule has 19 heavy (non-hydrogen) atoms. The normalized spacial score (nSPS) is 13.3. The third kappa shape index (κ3) is 6.02. The lowest BCUT2D eigenvalue weighted by atomic mass is 10.0. The maximum Gasteiger partial charge on any atom is 0.127 e. The number of hydrogen-bond acceptors (Lipinski definition) is 2. The van der Waals surface area contributed by atoms with E-state index in [0.29, 0.717) is 24.1 Å². The number of nitrogens with one attached hydrogen (secondary N) is 1. The fourth-order valence-corrected chi connectivity index (χ4v) is 2.48. The predicted octanol–water partition coefficient (Wildman–Crippen LogP) is 3.65. The van der Waals surface area contributed by atoms with Crippen LogP contribution in [0.25, 0.3) is 0 Å². The van der Waals surface area contributed by atoms with Crippen LogP contribution in [0.5, 0.6) is 0 Å². The summed E-state index contributed by atoms with van der Waals surface area (Å²) in [5.41, 5.74) is 0.705. The molecule has 0 heterocycles. The molecule has 1 atom stereocenters. The third-order valence-corrected chi connectivity index (χ3v) is 3.67. The Labute approximate surface area is 124 Å². The molecule has 1 aromatic carbocycles. The fraction of sp³-hybridized carbons (Fsp3) is 0.600. The van der Waals surface area contributed by atoms with Gasteiger partial charge in [0.25, 0.3) is 0 Å². The Hall–Kier alpha value is -0.450. The summed E-state index contributed by atoms with van der Waals surface area (Å²) in [5, 5.41) is 3.35. The summed E-state index contributed by atoms with van der Waals surface area (Å²) in [4.78, 5) is 2.23. The summed E-state index contributed by atoms with van der Waals surface area (Å²) < 4.78 is 14.5. The van der Waals surface area contributed by atoms with E-state index in [1.54, 1.807) is 6.07 Å². The Kier molecular flexibility index (Phi) is 6.97.